The molecule has 1 aromatic heterocycles. The molecule has 0 saturated heterocycles. The summed E-state index contributed by atoms with van der Waals surface area (Å²) in [6.45, 7) is 3.55. The van der Waals surface area contributed by atoms with Crippen LogP contribution in [-0.4, -0.2) is 10.2 Å². The Morgan fingerprint density at radius 2 is 2.00 bits per heavy atom. The number of nitrogens with one attached hydrogen (secondary N) is 1. The van der Waals surface area contributed by atoms with Crippen molar-refractivity contribution in [3.05, 3.63) is 41.2 Å². The second kappa shape index (κ2) is 5.23. The fourth-order valence-electron chi connectivity index (χ4n) is 1.54. The van der Waals surface area contributed by atoms with Gasteiger partial charge in [-0.3, -0.25) is 5.10 Å². The number of azo groups is 1. The maximum absolute atomic E-state index is 13.0. The predicted octanol–water partition coefficient (Wildman–Crippen LogP) is 3.43. The van der Waals surface area contributed by atoms with E-state index in [-0.39, 0.29) is 11.7 Å². The van der Waals surface area contributed by atoms with E-state index in [0.29, 0.717) is 17.1 Å². The molecule has 0 spiro atoms. The molecule has 1 atom stereocenters. The molecule has 0 aliphatic rings. The third-order valence-electron chi connectivity index (χ3n) is 2.54. The molecule has 2 rings (SSSR count). The first-order chi connectivity index (χ1) is 8.99. The van der Waals surface area contributed by atoms with Gasteiger partial charge in [0.1, 0.15) is 11.4 Å². The van der Waals surface area contributed by atoms with Gasteiger partial charge < -0.3 is 5.73 Å². The molecule has 1 unspecified atom stereocenters. The normalized spacial score (nSPS) is 13.1. The Hall–Kier alpha value is -2.15. The van der Waals surface area contributed by atoms with Crippen LogP contribution in [0.3, 0.4) is 0 Å². The van der Waals surface area contributed by atoms with Gasteiger partial charge in [0.15, 0.2) is 11.6 Å². The number of benzene rings is 1. The highest BCUT2D eigenvalue weighted by molar-refractivity contribution is 5.48. The third-order valence-corrected chi connectivity index (χ3v) is 2.54. The monoisotopic (exact) mass is 265 g/mol. The summed E-state index contributed by atoms with van der Waals surface area (Å²) in [7, 11) is 0. The molecule has 100 valence electrons. The minimum Gasteiger partial charge on any atom is -0.323 e. The second-order valence-corrected chi connectivity index (χ2v) is 4.17. The number of rotatable bonds is 3. The lowest BCUT2D eigenvalue weighted by Crippen LogP contribution is -2.05. The van der Waals surface area contributed by atoms with Crippen LogP contribution in [0.1, 0.15) is 24.4 Å². The van der Waals surface area contributed by atoms with Crippen molar-refractivity contribution in [1.82, 2.24) is 10.2 Å². The average molecular weight is 265 g/mol. The number of aromatic nitrogens is 2. The minimum absolute atomic E-state index is 0.218. The Labute approximate surface area is 108 Å². The van der Waals surface area contributed by atoms with Gasteiger partial charge in [-0.2, -0.15) is 10.2 Å². The van der Waals surface area contributed by atoms with E-state index in [1.165, 1.54) is 6.07 Å². The largest absolute Gasteiger partial charge is 0.323 e. The molecule has 3 N–H and O–H groups in total. The number of halogens is 2. The van der Waals surface area contributed by atoms with Gasteiger partial charge in [0, 0.05) is 12.1 Å². The molecule has 7 heteroatoms. The van der Waals surface area contributed by atoms with E-state index in [1.54, 1.807) is 13.8 Å². The highest BCUT2D eigenvalue weighted by Crippen LogP contribution is 2.27. The van der Waals surface area contributed by atoms with Crippen LogP contribution < -0.4 is 5.73 Å². The molecule has 0 saturated carbocycles. The summed E-state index contributed by atoms with van der Waals surface area (Å²) in [6.07, 6.45) is 0. The van der Waals surface area contributed by atoms with Gasteiger partial charge in [-0.25, -0.2) is 8.78 Å². The van der Waals surface area contributed by atoms with Crippen LogP contribution in [0.25, 0.3) is 0 Å². The average Bonchev–Trinajstić information content (AvgIpc) is 2.72. The van der Waals surface area contributed by atoms with Crippen molar-refractivity contribution in [1.29, 1.82) is 0 Å². The fraction of sp³-hybridized carbons (Fsp3) is 0.250. The first-order valence-corrected chi connectivity index (χ1v) is 5.66. The number of H-pyrrole nitrogens is 1. The molecule has 0 aliphatic carbocycles. The van der Waals surface area contributed by atoms with Crippen LogP contribution in [0.2, 0.25) is 0 Å². The molecule has 1 aromatic carbocycles. The van der Waals surface area contributed by atoms with Crippen molar-refractivity contribution >= 4 is 11.4 Å². The lowest BCUT2D eigenvalue weighted by atomic mass is 10.2. The zero-order chi connectivity index (χ0) is 14.0. The van der Waals surface area contributed by atoms with E-state index in [4.69, 9.17) is 5.73 Å². The predicted molar refractivity (Wildman–Crippen MR) is 66.5 cm³/mol. The maximum atomic E-state index is 13.0. The van der Waals surface area contributed by atoms with Crippen molar-refractivity contribution < 1.29 is 8.78 Å². The van der Waals surface area contributed by atoms with E-state index in [0.717, 1.165) is 12.1 Å². The summed E-state index contributed by atoms with van der Waals surface area (Å²) < 4.78 is 25.8. The van der Waals surface area contributed by atoms with Gasteiger partial charge in [-0.05, 0) is 26.0 Å². The Morgan fingerprint density at radius 3 is 2.63 bits per heavy atom. The van der Waals surface area contributed by atoms with Crippen LogP contribution >= 0.6 is 0 Å². The summed E-state index contributed by atoms with van der Waals surface area (Å²) in [4.78, 5) is 0. The molecule has 5 nitrogen and oxygen atoms in total. The van der Waals surface area contributed by atoms with E-state index in [1.807, 2.05) is 0 Å². The maximum Gasteiger partial charge on any atom is 0.161 e. The summed E-state index contributed by atoms with van der Waals surface area (Å²) in [5, 5.41) is 14.6. The lowest BCUT2D eigenvalue weighted by Gasteiger charge is -2.01. The van der Waals surface area contributed by atoms with Crippen molar-refractivity contribution in [2.24, 2.45) is 16.0 Å². The van der Waals surface area contributed by atoms with Gasteiger partial charge >= 0.3 is 0 Å². The van der Waals surface area contributed by atoms with Gasteiger partial charge in [0.05, 0.1) is 11.4 Å². The van der Waals surface area contributed by atoms with Gasteiger partial charge in [-0.1, -0.05) is 0 Å². The van der Waals surface area contributed by atoms with Crippen LogP contribution in [0.5, 0.6) is 0 Å². The molecule has 19 heavy (non-hydrogen) atoms. The number of nitrogens with two attached hydrogens (primary N) is 1. The SMILES string of the molecule is Cc1[nH]nc(C(C)N)c1N=Nc1ccc(F)c(F)c1. The Bertz CT molecular complexity index is 619. The van der Waals surface area contributed by atoms with Crippen LogP contribution in [0.4, 0.5) is 20.2 Å². The molecule has 0 bridgehead atoms. The minimum atomic E-state index is -0.965. The summed E-state index contributed by atoms with van der Waals surface area (Å²) in [5.41, 5.74) is 7.76. The van der Waals surface area contributed by atoms with Crippen molar-refractivity contribution in [3.8, 4) is 0 Å². The number of hydrogen-bond acceptors (Lipinski definition) is 4. The summed E-state index contributed by atoms with van der Waals surface area (Å²) in [6, 6.07) is 3.00. The topological polar surface area (TPSA) is 79.4 Å². The Kier molecular flexibility index (Phi) is 3.66. The van der Waals surface area contributed by atoms with Crippen molar-refractivity contribution in [2.45, 2.75) is 19.9 Å². The molecule has 2 aromatic rings. The van der Waals surface area contributed by atoms with Crippen LogP contribution in [-0.2, 0) is 0 Å². The molecule has 0 radical (unpaired) electrons. The molecular formula is C12H13F2N5. The van der Waals surface area contributed by atoms with Crippen LogP contribution in [0, 0.1) is 18.6 Å². The first kappa shape index (κ1) is 13.3. The smallest absolute Gasteiger partial charge is 0.161 e. The highest BCUT2D eigenvalue weighted by atomic mass is 19.2. The van der Waals surface area contributed by atoms with Gasteiger partial charge in [-0.15, -0.1) is 5.11 Å². The van der Waals surface area contributed by atoms with Gasteiger partial charge in [0.25, 0.3) is 0 Å². The van der Waals surface area contributed by atoms with Crippen molar-refractivity contribution in [2.75, 3.05) is 0 Å². The first-order valence-electron chi connectivity index (χ1n) is 5.66. The summed E-state index contributed by atoms with van der Waals surface area (Å²) >= 11 is 0. The van der Waals surface area contributed by atoms with E-state index in [2.05, 4.69) is 20.4 Å². The van der Waals surface area contributed by atoms with Gasteiger partial charge in [0.2, 0.25) is 0 Å². The second-order valence-electron chi connectivity index (χ2n) is 4.17. The number of nitrogens with zero attached hydrogens (tertiary/aromatic N) is 3. The van der Waals surface area contributed by atoms with Crippen LogP contribution in [0.15, 0.2) is 28.4 Å². The highest BCUT2D eigenvalue weighted by Gasteiger charge is 2.13. The fourth-order valence-corrected chi connectivity index (χ4v) is 1.54. The number of hydrogen-bond donors (Lipinski definition) is 2. The molecular weight excluding hydrogens is 252 g/mol. The molecule has 0 amide bonds. The standard InChI is InChI=1S/C12H13F2N5/c1-6(15)11-12(7(2)16-18-11)19-17-8-3-4-9(13)10(14)5-8/h3-6H,15H2,1-2H3,(H,16,18). The molecule has 1 heterocycles. The lowest BCUT2D eigenvalue weighted by molar-refractivity contribution is 0.509. The Morgan fingerprint density at radius 1 is 1.26 bits per heavy atom. The number of aryl methyl sites for hydroxylation is 1. The van der Waals surface area contributed by atoms with E-state index >= 15 is 0 Å². The summed E-state index contributed by atoms with van der Waals surface area (Å²) in [5.74, 6) is -1.89. The zero-order valence-corrected chi connectivity index (χ0v) is 10.5. The zero-order valence-electron chi connectivity index (χ0n) is 10.5. The van der Waals surface area contributed by atoms with E-state index < -0.39 is 11.6 Å². The number of aromatic amines is 1. The molecule has 0 aliphatic heterocycles. The molecule has 0 fully saturated rings. The third kappa shape index (κ3) is 2.82. The quantitative estimate of drug-likeness (QED) is 0.834. The van der Waals surface area contributed by atoms with E-state index in [9.17, 15) is 8.78 Å². The Balaban J connectivity index is 2.32. The van der Waals surface area contributed by atoms with Crippen molar-refractivity contribution in [3.63, 3.8) is 0 Å².